The molecule has 0 unspecified atom stereocenters. The van der Waals surface area contributed by atoms with Crippen LogP contribution in [-0.2, 0) is 14.3 Å². The number of benzene rings is 1. The van der Waals surface area contributed by atoms with Gasteiger partial charge in [0.2, 0.25) is 0 Å². The molecule has 23 heavy (non-hydrogen) atoms. The first-order chi connectivity index (χ1) is 11.1. The molecule has 1 aromatic carbocycles. The fraction of sp³-hybridized carbons (Fsp3) is 0.500. The first-order valence-corrected chi connectivity index (χ1v) is 7.67. The van der Waals surface area contributed by atoms with Crippen molar-refractivity contribution in [3.8, 4) is 0 Å². The fourth-order valence-electron chi connectivity index (χ4n) is 2.60. The van der Waals surface area contributed by atoms with Gasteiger partial charge in [-0.15, -0.1) is 0 Å². The molecule has 2 rings (SSSR count). The van der Waals surface area contributed by atoms with Gasteiger partial charge >= 0.3 is 11.8 Å². The standard InChI is InChI=1S/C16H22FN3O3/c1-23-9-8-20-7-3-6-14(11-20)19-16(22)15(21)18-13-5-2-4-12(17)10-13/h2,4-5,10,14H,3,6-9,11H2,1H3,(H,18,21)(H,19,22)/t14-/m0/s1. The lowest BCUT2D eigenvalue weighted by Crippen LogP contribution is -2.50. The summed E-state index contributed by atoms with van der Waals surface area (Å²) in [6, 6.07) is 5.37. The molecule has 0 aliphatic carbocycles. The van der Waals surface area contributed by atoms with Gasteiger partial charge in [0.25, 0.3) is 0 Å². The van der Waals surface area contributed by atoms with E-state index in [2.05, 4.69) is 15.5 Å². The van der Waals surface area contributed by atoms with Crippen molar-refractivity contribution in [1.29, 1.82) is 0 Å². The van der Waals surface area contributed by atoms with E-state index in [-0.39, 0.29) is 11.7 Å². The van der Waals surface area contributed by atoms with Crippen molar-refractivity contribution < 1.29 is 18.7 Å². The van der Waals surface area contributed by atoms with Crippen molar-refractivity contribution in [3.05, 3.63) is 30.1 Å². The molecule has 1 atom stereocenters. The third kappa shape index (κ3) is 5.61. The number of anilines is 1. The second-order valence-corrected chi connectivity index (χ2v) is 5.57. The molecule has 0 saturated carbocycles. The summed E-state index contributed by atoms with van der Waals surface area (Å²) in [6.07, 6.45) is 1.79. The Morgan fingerprint density at radius 3 is 2.96 bits per heavy atom. The molecule has 2 amide bonds. The highest BCUT2D eigenvalue weighted by atomic mass is 19.1. The molecule has 2 N–H and O–H groups in total. The number of halogens is 1. The molecule has 1 saturated heterocycles. The lowest BCUT2D eigenvalue weighted by molar-refractivity contribution is -0.136. The van der Waals surface area contributed by atoms with Gasteiger partial charge in [-0.25, -0.2) is 4.39 Å². The normalized spacial score (nSPS) is 18.4. The van der Waals surface area contributed by atoms with Gasteiger partial charge in [-0.2, -0.15) is 0 Å². The molecule has 1 fully saturated rings. The quantitative estimate of drug-likeness (QED) is 0.793. The topological polar surface area (TPSA) is 70.7 Å². The van der Waals surface area contributed by atoms with Crippen LogP contribution < -0.4 is 10.6 Å². The maximum Gasteiger partial charge on any atom is 0.313 e. The molecule has 0 aromatic heterocycles. The van der Waals surface area contributed by atoms with Crippen molar-refractivity contribution >= 4 is 17.5 Å². The van der Waals surface area contributed by atoms with E-state index in [1.165, 1.54) is 18.2 Å². The van der Waals surface area contributed by atoms with Gasteiger partial charge in [0.1, 0.15) is 5.82 Å². The van der Waals surface area contributed by atoms with Crippen LogP contribution in [0.5, 0.6) is 0 Å². The van der Waals surface area contributed by atoms with Gasteiger partial charge in [0.05, 0.1) is 6.61 Å². The third-order valence-electron chi connectivity index (χ3n) is 3.74. The Morgan fingerprint density at radius 2 is 2.22 bits per heavy atom. The van der Waals surface area contributed by atoms with Crippen LogP contribution in [0.2, 0.25) is 0 Å². The molecule has 1 heterocycles. The van der Waals surface area contributed by atoms with E-state index in [0.717, 1.165) is 32.0 Å². The van der Waals surface area contributed by atoms with Crippen molar-refractivity contribution in [2.45, 2.75) is 18.9 Å². The first-order valence-electron chi connectivity index (χ1n) is 7.67. The molecule has 1 aromatic rings. The van der Waals surface area contributed by atoms with Crippen LogP contribution in [-0.4, -0.2) is 56.1 Å². The highest BCUT2D eigenvalue weighted by molar-refractivity contribution is 6.39. The Balaban J connectivity index is 1.82. The minimum absolute atomic E-state index is 0.0636. The maximum absolute atomic E-state index is 13.1. The fourth-order valence-corrected chi connectivity index (χ4v) is 2.60. The van der Waals surface area contributed by atoms with Crippen LogP contribution in [0.25, 0.3) is 0 Å². The zero-order valence-corrected chi connectivity index (χ0v) is 13.2. The van der Waals surface area contributed by atoms with Gasteiger partial charge in [0, 0.05) is 31.9 Å². The van der Waals surface area contributed by atoms with Crippen LogP contribution in [0.3, 0.4) is 0 Å². The molecule has 0 spiro atoms. The lowest BCUT2D eigenvalue weighted by Gasteiger charge is -2.32. The molecule has 1 aliphatic rings. The van der Waals surface area contributed by atoms with E-state index < -0.39 is 17.6 Å². The largest absolute Gasteiger partial charge is 0.383 e. The van der Waals surface area contributed by atoms with Crippen LogP contribution in [0.15, 0.2) is 24.3 Å². The number of amides is 2. The van der Waals surface area contributed by atoms with E-state index in [9.17, 15) is 14.0 Å². The predicted octanol–water partition coefficient (Wildman–Crippen LogP) is 0.991. The number of methoxy groups -OCH3 is 1. The van der Waals surface area contributed by atoms with Crippen LogP contribution in [0.1, 0.15) is 12.8 Å². The number of piperidine rings is 1. The molecule has 6 nitrogen and oxygen atoms in total. The van der Waals surface area contributed by atoms with Crippen molar-refractivity contribution in [1.82, 2.24) is 10.2 Å². The Labute approximate surface area is 135 Å². The maximum atomic E-state index is 13.1. The SMILES string of the molecule is COCCN1CCC[C@H](NC(=O)C(=O)Nc2cccc(F)c2)C1. The summed E-state index contributed by atoms with van der Waals surface area (Å²) in [5, 5.41) is 5.13. The van der Waals surface area contributed by atoms with Gasteiger partial charge in [-0.1, -0.05) is 6.07 Å². The number of hydrogen-bond donors (Lipinski definition) is 2. The number of likely N-dealkylation sites (tertiary alicyclic amines) is 1. The minimum Gasteiger partial charge on any atom is -0.383 e. The summed E-state index contributed by atoms with van der Waals surface area (Å²) >= 11 is 0. The Morgan fingerprint density at radius 1 is 1.39 bits per heavy atom. The van der Waals surface area contributed by atoms with Crippen LogP contribution in [0.4, 0.5) is 10.1 Å². The number of carbonyl (C=O) groups excluding carboxylic acids is 2. The summed E-state index contributed by atoms with van der Waals surface area (Å²) in [6.45, 7) is 3.10. The molecular weight excluding hydrogens is 301 g/mol. The van der Waals surface area contributed by atoms with Gasteiger partial charge < -0.3 is 15.4 Å². The van der Waals surface area contributed by atoms with E-state index in [1.807, 2.05) is 0 Å². The monoisotopic (exact) mass is 323 g/mol. The number of hydrogen-bond acceptors (Lipinski definition) is 4. The number of ether oxygens (including phenoxy) is 1. The highest BCUT2D eigenvalue weighted by Gasteiger charge is 2.23. The Hall–Kier alpha value is -1.99. The zero-order chi connectivity index (χ0) is 16.7. The minimum atomic E-state index is -0.787. The summed E-state index contributed by atoms with van der Waals surface area (Å²) < 4.78 is 18.1. The van der Waals surface area contributed by atoms with Crippen molar-refractivity contribution in [3.63, 3.8) is 0 Å². The average molecular weight is 323 g/mol. The molecule has 1 aliphatic heterocycles. The first kappa shape index (κ1) is 17.4. The van der Waals surface area contributed by atoms with Crippen molar-refractivity contribution in [2.75, 3.05) is 38.7 Å². The molecular formula is C16H22FN3O3. The summed E-state index contributed by atoms with van der Waals surface area (Å²) in [4.78, 5) is 26.0. The van der Waals surface area contributed by atoms with E-state index in [1.54, 1.807) is 7.11 Å². The number of carbonyl (C=O) groups is 2. The van der Waals surface area contributed by atoms with Gasteiger partial charge in [-0.05, 0) is 37.6 Å². The summed E-state index contributed by atoms with van der Waals surface area (Å²) in [5.74, 6) is -1.96. The van der Waals surface area contributed by atoms with Gasteiger partial charge in [0.15, 0.2) is 0 Å². The summed E-state index contributed by atoms with van der Waals surface area (Å²) in [5.41, 5.74) is 0.260. The zero-order valence-electron chi connectivity index (χ0n) is 13.2. The number of rotatable bonds is 5. The van der Waals surface area contributed by atoms with E-state index >= 15 is 0 Å². The molecule has 0 radical (unpaired) electrons. The lowest BCUT2D eigenvalue weighted by atomic mass is 10.1. The molecule has 7 heteroatoms. The van der Waals surface area contributed by atoms with Gasteiger partial charge in [-0.3, -0.25) is 14.5 Å². The van der Waals surface area contributed by atoms with Crippen LogP contribution in [0, 0.1) is 5.82 Å². The smallest absolute Gasteiger partial charge is 0.313 e. The van der Waals surface area contributed by atoms with E-state index in [4.69, 9.17) is 4.74 Å². The Bertz CT molecular complexity index is 553. The van der Waals surface area contributed by atoms with Crippen LogP contribution >= 0.6 is 0 Å². The molecule has 126 valence electrons. The second kappa shape index (κ2) is 8.59. The predicted molar refractivity (Wildman–Crippen MR) is 84.5 cm³/mol. The second-order valence-electron chi connectivity index (χ2n) is 5.57. The third-order valence-corrected chi connectivity index (χ3v) is 3.74. The summed E-state index contributed by atoms with van der Waals surface area (Å²) in [7, 11) is 1.65. The van der Waals surface area contributed by atoms with Crippen molar-refractivity contribution in [2.24, 2.45) is 0 Å². The number of nitrogens with one attached hydrogen (secondary N) is 2. The van der Waals surface area contributed by atoms with E-state index in [0.29, 0.717) is 13.2 Å². The number of nitrogens with zero attached hydrogens (tertiary/aromatic N) is 1. The Kier molecular flexibility index (Phi) is 6.49. The highest BCUT2D eigenvalue weighted by Crippen LogP contribution is 2.11. The average Bonchev–Trinajstić information content (AvgIpc) is 2.53. The molecule has 0 bridgehead atoms.